The summed E-state index contributed by atoms with van der Waals surface area (Å²) in [5, 5.41) is 0. The fourth-order valence-corrected chi connectivity index (χ4v) is 11.6. The van der Waals surface area contributed by atoms with Crippen molar-refractivity contribution >= 4 is 6.47 Å². The van der Waals surface area contributed by atoms with Crippen LogP contribution in [0.1, 0.15) is 119 Å². The molecule has 2 unspecified atom stereocenters. The molecule has 5 saturated carbocycles. The standard InChI is InChI=1S/C32H52O2/c1-21(2)22(3)9-10-23(4)24-13-15-30(8)26-12-11-25-28(5,6)27(34-20-33)14-16-31(25)19-32(26,31)18-17-29(24,30)7/h20,22-27H,1,9-19H2,2-8H3/t22?,23-,24-,25?,26+,27+,29-,30+,31-,32+/m1/s1. The molecule has 192 valence electrons. The van der Waals surface area contributed by atoms with Gasteiger partial charge in [0.2, 0.25) is 0 Å². The van der Waals surface area contributed by atoms with Gasteiger partial charge in [0.25, 0.3) is 6.47 Å². The van der Waals surface area contributed by atoms with Crippen LogP contribution in [-0.4, -0.2) is 12.6 Å². The zero-order valence-electron chi connectivity index (χ0n) is 23.3. The van der Waals surface area contributed by atoms with E-state index in [0.29, 0.717) is 34.1 Å². The highest BCUT2D eigenvalue weighted by atomic mass is 16.5. The van der Waals surface area contributed by atoms with E-state index in [1.165, 1.54) is 69.8 Å². The molecule has 0 aromatic carbocycles. The van der Waals surface area contributed by atoms with Crippen LogP contribution < -0.4 is 0 Å². The Labute approximate surface area is 210 Å². The van der Waals surface area contributed by atoms with Crippen LogP contribution in [0.15, 0.2) is 12.2 Å². The predicted molar refractivity (Wildman–Crippen MR) is 140 cm³/mol. The van der Waals surface area contributed by atoms with Gasteiger partial charge in [0.1, 0.15) is 6.10 Å². The molecule has 0 N–H and O–H groups in total. The van der Waals surface area contributed by atoms with Crippen LogP contribution in [0.25, 0.3) is 0 Å². The van der Waals surface area contributed by atoms with Crippen molar-refractivity contribution in [3.05, 3.63) is 12.2 Å². The first-order valence-corrected chi connectivity index (χ1v) is 14.6. The highest BCUT2D eigenvalue weighted by Crippen LogP contribution is 2.89. The maximum Gasteiger partial charge on any atom is 0.293 e. The van der Waals surface area contributed by atoms with E-state index in [1.54, 1.807) is 0 Å². The molecule has 0 bridgehead atoms. The SMILES string of the molecule is C=C(C)C(C)CC[C@@H](C)[C@H]1CC[C@@]2(C)[C@@H]3CCC4C(C)(C)[C@@H](OC=O)CC[C@@]45C[C@@]35CC[C@]12C. The molecular formula is C32H52O2. The van der Waals surface area contributed by atoms with Crippen molar-refractivity contribution in [2.75, 3.05) is 0 Å². The zero-order chi connectivity index (χ0) is 24.7. The van der Waals surface area contributed by atoms with E-state index in [0.717, 1.165) is 30.1 Å². The summed E-state index contributed by atoms with van der Waals surface area (Å²) >= 11 is 0. The Balaban J connectivity index is 1.37. The first-order valence-electron chi connectivity index (χ1n) is 14.6. The topological polar surface area (TPSA) is 26.3 Å². The fraction of sp³-hybridized carbons (Fsp3) is 0.906. The molecule has 0 radical (unpaired) electrons. The normalized spacial score (nSPS) is 50.1. The quantitative estimate of drug-likeness (QED) is 0.276. The lowest BCUT2D eigenvalue weighted by Crippen LogP contribution is -2.57. The lowest BCUT2D eigenvalue weighted by Gasteiger charge is -2.63. The summed E-state index contributed by atoms with van der Waals surface area (Å²) in [7, 11) is 0. The zero-order valence-corrected chi connectivity index (χ0v) is 23.3. The van der Waals surface area contributed by atoms with Crippen molar-refractivity contribution in [3.63, 3.8) is 0 Å². The van der Waals surface area contributed by atoms with E-state index >= 15 is 0 Å². The molecule has 5 aliphatic carbocycles. The van der Waals surface area contributed by atoms with Gasteiger partial charge in [-0.2, -0.15) is 0 Å². The summed E-state index contributed by atoms with van der Waals surface area (Å²) in [6, 6.07) is 0. The molecule has 0 aromatic heterocycles. The van der Waals surface area contributed by atoms with Gasteiger partial charge in [0.05, 0.1) is 0 Å². The van der Waals surface area contributed by atoms with Crippen molar-refractivity contribution in [2.45, 2.75) is 125 Å². The number of rotatable bonds is 7. The Morgan fingerprint density at radius 2 is 1.59 bits per heavy atom. The number of allylic oxidation sites excluding steroid dienone is 1. The Morgan fingerprint density at radius 1 is 0.912 bits per heavy atom. The van der Waals surface area contributed by atoms with Gasteiger partial charge in [0.15, 0.2) is 0 Å². The van der Waals surface area contributed by atoms with Gasteiger partial charge in [-0.15, -0.1) is 0 Å². The summed E-state index contributed by atoms with van der Waals surface area (Å²) in [5.41, 5.74) is 3.58. The number of ether oxygens (including phenoxy) is 1. The maximum atomic E-state index is 11.2. The predicted octanol–water partition coefficient (Wildman–Crippen LogP) is 8.60. The third kappa shape index (κ3) is 3.01. The molecular weight excluding hydrogens is 416 g/mol. The van der Waals surface area contributed by atoms with Gasteiger partial charge >= 0.3 is 0 Å². The number of carbonyl (C=O) groups excluding carboxylic acids is 1. The van der Waals surface area contributed by atoms with Crippen LogP contribution >= 0.6 is 0 Å². The van der Waals surface area contributed by atoms with E-state index in [2.05, 4.69) is 55.0 Å². The van der Waals surface area contributed by atoms with Crippen molar-refractivity contribution in [1.29, 1.82) is 0 Å². The minimum absolute atomic E-state index is 0.109. The molecule has 2 heteroatoms. The maximum absolute atomic E-state index is 11.2. The van der Waals surface area contributed by atoms with E-state index in [9.17, 15) is 4.79 Å². The molecule has 2 spiro atoms. The monoisotopic (exact) mass is 468 g/mol. The Bertz CT molecular complexity index is 844. The lowest BCUT2D eigenvalue weighted by atomic mass is 9.41. The van der Waals surface area contributed by atoms with Gasteiger partial charge in [-0.05, 0) is 129 Å². The van der Waals surface area contributed by atoms with Gasteiger partial charge in [0, 0.05) is 5.41 Å². The molecule has 5 rings (SSSR count). The minimum Gasteiger partial charge on any atom is -0.464 e. The van der Waals surface area contributed by atoms with Crippen molar-refractivity contribution in [3.8, 4) is 0 Å². The number of hydrogen-bond acceptors (Lipinski definition) is 2. The molecule has 5 aliphatic rings. The van der Waals surface area contributed by atoms with Crippen LogP contribution in [0.2, 0.25) is 0 Å². The summed E-state index contributed by atoms with van der Waals surface area (Å²) in [6.07, 6.45) is 15.1. The summed E-state index contributed by atoms with van der Waals surface area (Å²) < 4.78 is 5.66. The number of fused-ring (bicyclic) bond motifs is 2. The van der Waals surface area contributed by atoms with Crippen molar-refractivity contribution < 1.29 is 9.53 Å². The van der Waals surface area contributed by atoms with Crippen LogP contribution in [0, 0.1) is 56.7 Å². The Morgan fingerprint density at radius 3 is 2.26 bits per heavy atom. The van der Waals surface area contributed by atoms with Crippen LogP contribution in [0.4, 0.5) is 0 Å². The highest BCUT2D eigenvalue weighted by Gasteiger charge is 2.82. The van der Waals surface area contributed by atoms with E-state index in [1.807, 2.05) is 0 Å². The fourth-order valence-electron chi connectivity index (χ4n) is 11.6. The van der Waals surface area contributed by atoms with E-state index in [4.69, 9.17) is 4.74 Å². The number of hydrogen-bond donors (Lipinski definition) is 0. The second-order valence-corrected chi connectivity index (χ2v) is 15.0. The Kier molecular flexibility index (Phi) is 5.75. The van der Waals surface area contributed by atoms with Crippen molar-refractivity contribution in [2.24, 2.45) is 56.7 Å². The first-order chi connectivity index (χ1) is 15.9. The van der Waals surface area contributed by atoms with Gasteiger partial charge in [-0.3, -0.25) is 4.79 Å². The summed E-state index contributed by atoms with van der Waals surface area (Å²) in [4.78, 5) is 11.2. The third-order valence-corrected chi connectivity index (χ3v) is 13.9. The van der Waals surface area contributed by atoms with E-state index in [-0.39, 0.29) is 11.5 Å². The molecule has 10 atom stereocenters. The minimum atomic E-state index is 0.109. The molecule has 0 aromatic rings. The summed E-state index contributed by atoms with van der Waals surface area (Å²) in [5.74, 6) is 3.99. The highest BCUT2D eigenvalue weighted by molar-refractivity contribution is 5.38. The average molecular weight is 469 g/mol. The van der Waals surface area contributed by atoms with Crippen LogP contribution in [0.5, 0.6) is 0 Å². The van der Waals surface area contributed by atoms with Crippen LogP contribution in [0.3, 0.4) is 0 Å². The van der Waals surface area contributed by atoms with Crippen molar-refractivity contribution in [1.82, 2.24) is 0 Å². The second-order valence-electron chi connectivity index (χ2n) is 15.0. The molecule has 0 aliphatic heterocycles. The number of carbonyl (C=O) groups is 1. The van der Waals surface area contributed by atoms with Gasteiger partial charge in [-0.25, -0.2) is 0 Å². The van der Waals surface area contributed by atoms with Gasteiger partial charge in [-0.1, -0.05) is 53.7 Å². The van der Waals surface area contributed by atoms with E-state index < -0.39 is 0 Å². The molecule has 34 heavy (non-hydrogen) atoms. The molecule has 2 nitrogen and oxygen atoms in total. The van der Waals surface area contributed by atoms with Crippen LogP contribution in [-0.2, 0) is 9.53 Å². The van der Waals surface area contributed by atoms with Gasteiger partial charge < -0.3 is 4.74 Å². The lowest BCUT2D eigenvalue weighted by molar-refractivity contribution is -0.174. The first kappa shape index (κ1) is 24.9. The smallest absolute Gasteiger partial charge is 0.293 e. The summed E-state index contributed by atoms with van der Waals surface area (Å²) in [6.45, 7) is 22.3. The molecule has 0 saturated heterocycles. The largest absolute Gasteiger partial charge is 0.464 e. The second kappa shape index (κ2) is 7.85. The average Bonchev–Trinajstić information content (AvgIpc) is 3.36. The molecule has 0 heterocycles. The third-order valence-electron chi connectivity index (χ3n) is 13.9. The molecule has 5 fully saturated rings. The Hall–Kier alpha value is -0.790. The molecule has 0 amide bonds.